The van der Waals surface area contributed by atoms with Gasteiger partial charge in [0.05, 0.1) is 5.69 Å². The highest BCUT2D eigenvalue weighted by Crippen LogP contribution is 2.04. The van der Waals surface area contributed by atoms with Crippen LogP contribution in [0.5, 0.6) is 0 Å². The zero-order valence-corrected chi connectivity index (χ0v) is 7.56. The molecule has 1 N–H and O–H groups in total. The highest BCUT2D eigenvalue weighted by molar-refractivity contribution is 5.96. The van der Waals surface area contributed by atoms with Crippen molar-refractivity contribution in [1.29, 1.82) is 5.26 Å². The first-order valence-corrected chi connectivity index (χ1v) is 3.91. The molecule has 0 saturated carbocycles. The smallest absolute Gasteiger partial charge is 0.346 e. The van der Waals surface area contributed by atoms with Crippen molar-refractivity contribution in [3.63, 3.8) is 0 Å². The quantitative estimate of drug-likeness (QED) is 0.562. The van der Waals surface area contributed by atoms with Crippen LogP contribution in [0.3, 0.4) is 0 Å². The van der Waals surface area contributed by atoms with Crippen molar-refractivity contribution in [2.24, 2.45) is 0 Å². The molecule has 0 aromatic carbocycles. The summed E-state index contributed by atoms with van der Waals surface area (Å²) in [6.07, 6.45) is 2.85. The van der Waals surface area contributed by atoms with Crippen LogP contribution in [0.1, 0.15) is 11.3 Å². The van der Waals surface area contributed by atoms with Gasteiger partial charge in [0, 0.05) is 6.20 Å². The average molecular weight is 188 g/mol. The van der Waals surface area contributed by atoms with Gasteiger partial charge in [-0.1, -0.05) is 6.07 Å². The molecule has 0 fully saturated rings. The van der Waals surface area contributed by atoms with E-state index in [0.29, 0.717) is 5.69 Å². The Hall–Kier alpha value is -2.15. The topological polar surface area (TPSA) is 74.0 Å². The first-order valence-electron chi connectivity index (χ1n) is 3.91. The molecule has 0 saturated heterocycles. The number of aromatic nitrogens is 1. The van der Waals surface area contributed by atoms with Crippen LogP contribution in [0.15, 0.2) is 23.9 Å². The van der Waals surface area contributed by atoms with Crippen molar-refractivity contribution in [1.82, 2.24) is 4.98 Å². The molecule has 0 aliphatic heterocycles. The first-order chi connectivity index (χ1) is 6.63. The lowest BCUT2D eigenvalue weighted by molar-refractivity contribution is -0.132. The Bertz CT molecular complexity index is 413. The Morgan fingerprint density at radius 3 is 2.79 bits per heavy atom. The molecule has 1 aromatic rings. The molecule has 14 heavy (non-hydrogen) atoms. The van der Waals surface area contributed by atoms with Crippen LogP contribution in [-0.2, 0) is 4.79 Å². The van der Waals surface area contributed by atoms with Crippen LogP contribution in [0.2, 0.25) is 0 Å². The van der Waals surface area contributed by atoms with Gasteiger partial charge >= 0.3 is 5.97 Å². The fourth-order valence-electron chi connectivity index (χ4n) is 0.854. The fraction of sp³-hybridized carbons (Fsp3) is 0.100. The van der Waals surface area contributed by atoms with E-state index in [-0.39, 0.29) is 5.57 Å². The molecule has 4 heteroatoms. The summed E-state index contributed by atoms with van der Waals surface area (Å²) in [5, 5.41) is 17.1. The molecular formula is C10H8N2O2. The summed E-state index contributed by atoms with van der Waals surface area (Å²) in [5.74, 6) is -1.24. The Labute approximate surface area is 81.1 Å². The lowest BCUT2D eigenvalue weighted by atomic mass is 10.2. The molecule has 0 aliphatic rings. The third kappa shape index (κ3) is 2.42. The molecule has 0 spiro atoms. The summed E-state index contributed by atoms with van der Waals surface area (Å²) in [6.45, 7) is 1.88. The summed E-state index contributed by atoms with van der Waals surface area (Å²) in [5.41, 5.74) is 1.13. The highest BCUT2D eigenvalue weighted by Gasteiger charge is 2.05. The number of carbonyl (C=O) groups is 1. The average Bonchev–Trinajstić information content (AvgIpc) is 2.16. The summed E-state index contributed by atoms with van der Waals surface area (Å²) >= 11 is 0. The third-order valence-corrected chi connectivity index (χ3v) is 1.58. The van der Waals surface area contributed by atoms with Gasteiger partial charge in [-0.15, -0.1) is 0 Å². The van der Waals surface area contributed by atoms with E-state index in [1.165, 1.54) is 6.08 Å². The van der Waals surface area contributed by atoms with Gasteiger partial charge in [-0.2, -0.15) is 5.26 Å². The summed E-state index contributed by atoms with van der Waals surface area (Å²) in [7, 11) is 0. The fourth-order valence-corrected chi connectivity index (χ4v) is 0.854. The van der Waals surface area contributed by atoms with Crippen molar-refractivity contribution in [3.8, 4) is 6.07 Å². The Morgan fingerprint density at radius 1 is 1.64 bits per heavy atom. The van der Waals surface area contributed by atoms with E-state index in [4.69, 9.17) is 10.4 Å². The van der Waals surface area contributed by atoms with Crippen LogP contribution >= 0.6 is 0 Å². The monoisotopic (exact) mass is 188 g/mol. The molecule has 0 radical (unpaired) electrons. The zero-order valence-electron chi connectivity index (χ0n) is 7.56. The normalized spacial score (nSPS) is 10.7. The predicted molar refractivity (Wildman–Crippen MR) is 50.2 cm³/mol. The lowest BCUT2D eigenvalue weighted by Gasteiger charge is -1.94. The van der Waals surface area contributed by atoms with E-state index in [1.807, 2.05) is 6.92 Å². The van der Waals surface area contributed by atoms with Gasteiger partial charge in [-0.05, 0) is 24.6 Å². The number of pyridine rings is 1. The molecule has 70 valence electrons. The Balaban J connectivity index is 3.03. The SMILES string of the molecule is Cc1ccc(C=C(C#N)C(=O)O)nc1. The van der Waals surface area contributed by atoms with Gasteiger partial charge < -0.3 is 5.11 Å². The van der Waals surface area contributed by atoms with Gasteiger partial charge in [0.2, 0.25) is 0 Å². The first kappa shape index (κ1) is 9.93. The summed E-state index contributed by atoms with van der Waals surface area (Å²) < 4.78 is 0. The van der Waals surface area contributed by atoms with Crippen molar-refractivity contribution < 1.29 is 9.90 Å². The second kappa shape index (κ2) is 4.19. The van der Waals surface area contributed by atoms with E-state index in [0.717, 1.165) is 5.56 Å². The van der Waals surface area contributed by atoms with Gasteiger partial charge in [0.25, 0.3) is 0 Å². The number of aliphatic carboxylic acids is 1. The maximum atomic E-state index is 10.5. The molecule has 1 rings (SSSR count). The number of hydrogen-bond donors (Lipinski definition) is 1. The molecule has 4 nitrogen and oxygen atoms in total. The van der Waals surface area contributed by atoms with Gasteiger partial charge in [-0.3, -0.25) is 4.98 Å². The Morgan fingerprint density at radius 2 is 2.36 bits per heavy atom. The molecule has 1 aromatic heterocycles. The van der Waals surface area contributed by atoms with Crippen LogP contribution in [0, 0.1) is 18.3 Å². The van der Waals surface area contributed by atoms with E-state index in [1.54, 1.807) is 24.4 Å². The van der Waals surface area contributed by atoms with E-state index < -0.39 is 5.97 Å². The molecule has 0 unspecified atom stereocenters. The summed E-state index contributed by atoms with van der Waals surface area (Å²) in [4.78, 5) is 14.4. The van der Waals surface area contributed by atoms with Crippen molar-refractivity contribution in [3.05, 3.63) is 35.2 Å². The van der Waals surface area contributed by atoms with Crippen molar-refractivity contribution in [2.45, 2.75) is 6.92 Å². The van der Waals surface area contributed by atoms with Crippen molar-refractivity contribution >= 4 is 12.0 Å². The molecular weight excluding hydrogens is 180 g/mol. The number of rotatable bonds is 2. The number of aryl methyl sites for hydroxylation is 1. The minimum Gasteiger partial charge on any atom is -0.477 e. The largest absolute Gasteiger partial charge is 0.477 e. The lowest BCUT2D eigenvalue weighted by Crippen LogP contribution is -1.97. The van der Waals surface area contributed by atoms with E-state index in [2.05, 4.69) is 4.98 Å². The molecule has 0 amide bonds. The maximum Gasteiger partial charge on any atom is 0.346 e. The summed E-state index contributed by atoms with van der Waals surface area (Å²) in [6, 6.07) is 5.05. The number of nitrogens with zero attached hydrogens (tertiary/aromatic N) is 2. The van der Waals surface area contributed by atoms with Gasteiger partial charge in [0.15, 0.2) is 0 Å². The maximum absolute atomic E-state index is 10.5. The van der Waals surface area contributed by atoms with Crippen LogP contribution in [0.4, 0.5) is 0 Å². The highest BCUT2D eigenvalue weighted by atomic mass is 16.4. The molecule has 1 heterocycles. The number of carboxylic acids is 1. The standard InChI is InChI=1S/C10H8N2O2/c1-7-2-3-9(12-6-7)4-8(5-11)10(13)14/h2-4,6H,1H3,(H,13,14). The molecule has 0 aliphatic carbocycles. The minimum absolute atomic E-state index is 0.318. The van der Waals surface area contributed by atoms with Crippen LogP contribution < -0.4 is 0 Å². The van der Waals surface area contributed by atoms with E-state index >= 15 is 0 Å². The van der Waals surface area contributed by atoms with E-state index in [9.17, 15) is 4.79 Å². The number of hydrogen-bond acceptors (Lipinski definition) is 3. The van der Waals surface area contributed by atoms with Gasteiger partial charge in [-0.25, -0.2) is 4.79 Å². The van der Waals surface area contributed by atoms with Crippen LogP contribution in [-0.4, -0.2) is 16.1 Å². The van der Waals surface area contributed by atoms with Gasteiger partial charge in [0.1, 0.15) is 11.6 Å². The minimum atomic E-state index is -1.24. The van der Waals surface area contributed by atoms with Crippen LogP contribution in [0.25, 0.3) is 6.08 Å². The molecule has 0 bridgehead atoms. The number of nitriles is 1. The second-order valence-electron chi connectivity index (χ2n) is 2.74. The molecule has 0 atom stereocenters. The third-order valence-electron chi connectivity index (χ3n) is 1.58. The second-order valence-corrected chi connectivity index (χ2v) is 2.74. The predicted octanol–water partition coefficient (Wildman–Crippen LogP) is 1.38. The number of carboxylic acid groups (broad SMARTS) is 1. The Kier molecular flexibility index (Phi) is 2.97. The zero-order chi connectivity index (χ0) is 10.6. The van der Waals surface area contributed by atoms with Crippen molar-refractivity contribution in [2.75, 3.05) is 0 Å².